The van der Waals surface area contributed by atoms with Gasteiger partial charge in [0.25, 0.3) is 0 Å². The molecule has 0 saturated heterocycles. The van der Waals surface area contributed by atoms with Crippen LogP contribution >= 0.6 is 0 Å². The van der Waals surface area contributed by atoms with Gasteiger partial charge in [-0.2, -0.15) is 0 Å². The van der Waals surface area contributed by atoms with Gasteiger partial charge in [-0.25, -0.2) is 0 Å². The van der Waals surface area contributed by atoms with E-state index >= 15 is 0 Å². The van der Waals surface area contributed by atoms with E-state index in [4.69, 9.17) is 0 Å². The Labute approximate surface area is 135 Å². The van der Waals surface area contributed by atoms with E-state index in [1.54, 1.807) is 24.8 Å². The van der Waals surface area contributed by atoms with E-state index in [9.17, 15) is 4.79 Å². The van der Waals surface area contributed by atoms with Gasteiger partial charge in [-0.1, -0.05) is 13.8 Å². The normalized spacial score (nSPS) is 10.7. The molecule has 3 rings (SSSR count). The number of nitrogens with zero attached hydrogens (tertiary/aromatic N) is 2. The quantitative estimate of drug-likeness (QED) is 0.715. The molecule has 0 radical (unpaired) electrons. The summed E-state index contributed by atoms with van der Waals surface area (Å²) in [5, 5.41) is 0. The van der Waals surface area contributed by atoms with Crippen LogP contribution in [0.1, 0.15) is 36.2 Å². The van der Waals surface area contributed by atoms with Crippen molar-refractivity contribution >= 4 is 5.78 Å². The van der Waals surface area contributed by atoms with E-state index in [0.29, 0.717) is 6.42 Å². The molecule has 0 spiro atoms. The molecule has 0 aliphatic heterocycles. The fourth-order valence-electron chi connectivity index (χ4n) is 2.88. The summed E-state index contributed by atoms with van der Waals surface area (Å²) in [4.78, 5) is 24.2. The number of carbonyl (C=O) groups excluding carboxylic acids is 1. The van der Waals surface area contributed by atoms with Gasteiger partial charge >= 0.3 is 0 Å². The largest absolute Gasteiger partial charge is 0.354 e. The predicted molar refractivity (Wildman–Crippen MR) is 91.3 cm³/mol. The van der Waals surface area contributed by atoms with Gasteiger partial charge in [0.1, 0.15) is 0 Å². The van der Waals surface area contributed by atoms with Gasteiger partial charge in [0.15, 0.2) is 5.78 Å². The van der Waals surface area contributed by atoms with E-state index in [1.165, 1.54) is 0 Å². The highest BCUT2D eigenvalue weighted by molar-refractivity contribution is 6.05. The van der Waals surface area contributed by atoms with E-state index < -0.39 is 0 Å². The summed E-state index contributed by atoms with van der Waals surface area (Å²) in [6.45, 7) is 3.98. The van der Waals surface area contributed by atoms with Crippen LogP contribution in [0.5, 0.6) is 0 Å². The summed E-state index contributed by atoms with van der Waals surface area (Å²) >= 11 is 0. The molecule has 0 fully saturated rings. The number of Topliss-reactive ketones (excluding diaryl/α,β-unsaturated/α-hetero) is 1. The molecule has 3 aromatic rings. The lowest BCUT2D eigenvalue weighted by Gasteiger charge is -2.05. The zero-order valence-electron chi connectivity index (χ0n) is 13.3. The Morgan fingerprint density at radius 3 is 1.91 bits per heavy atom. The molecule has 0 saturated carbocycles. The van der Waals surface area contributed by atoms with Gasteiger partial charge in [-0.15, -0.1) is 0 Å². The minimum absolute atomic E-state index is 0.158. The maximum atomic E-state index is 12.6. The zero-order valence-corrected chi connectivity index (χ0v) is 13.3. The van der Waals surface area contributed by atoms with Crippen molar-refractivity contribution in [3.05, 3.63) is 60.2 Å². The first-order valence-electron chi connectivity index (χ1n) is 7.85. The second kappa shape index (κ2) is 6.57. The van der Waals surface area contributed by atoms with Gasteiger partial charge in [0.05, 0.1) is 5.69 Å². The van der Waals surface area contributed by atoms with Gasteiger partial charge in [0, 0.05) is 53.6 Å². The summed E-state index contributed by atoms with van der Waals surface area (Å²) in [5.74, 6) is 0.158. The van der Waals surface area contributed by atoms with E-state index in [2.05, 4.69) is 21.9 Å². The Balaban J connectivity index is 2.27. The summed E-state index contributed by atoms with van der Waals surface area (Å²) in [7, 11) is 0. The highest BCUT2D eigenvalue weighted by atomic mass is 16.1. The third kappa shape index (κ3) is 2.80. The van der Waals surface area contributed by atoms with Crippen molar-refractivity contribution in [1.29, 1.82) is 0 Å². The van der Waals surface area contributed by atoms with Gasteiger partial charge in [-0.05, 0) is 36.2 Å². The van der Waals surface area contributed by atoms with Crippen molar-refractivity contribution in [1.82, 2.24) is 15.0 Å². The molecule has 4 nitrogen and oxygen atoms in total. The van der Waals surface area contributed by atoms with E-state index in [1.807, 2.05) is 31.2 Å². The van der Waals surface area contributed by atoms with Crippen LogP contribution in [0.4, 0.5) is 0 Å². The summed E-state index contributed by atoms with van der Waals surface area (Å²) in [5.41, 5.74) is 5.76. The molecule has 0 unspecified atom stereocenters. The van der Waals surface area contributed by atoms with Crippen LogP contribution in [-0.4, -0.2) is 20.7 Å². The molecule has 1 N–H and O–H groups in total. The Kier molecular flexibility index (Phi) is 4.33. The van der Waals surface area contributed by atoms with Crippen molar-refractivity contribution in [2.24, 2.45) is 0 Å². The van der Waals surface area contributed by atoms with Crippen molar-refractivity contribution < 1.29 is 4.79 Å². The maximum Gasteiger partial charge on any atom is 0.165 e. The molecule has 3 aromatic heterocycles. The molecule has 3 heterocycles. The van der Waals surface area contributed by atoms with Gasteiger partial charge in [0.2, 0.25) is 0 Å². The standard InChI is InChI=1S/C19H19N3O/c1-3-15-17(16(23)4-2)19(14-7-11-21-12-8-14)22-18(15)13-5-9-20-10-6-13/h5-12,22H,3-4H2,1-2H3. The lowest BCUT2D eigenvalue weighted by Crippen LogP contribution is -2.01. The van der Waals surface area contributed by atoms with Crippen LogP contribution in [0.15, 0.2) is 49.1 Å². The van der Waals surface area contributed by atoms with E-state index in [-0.39, 0.29) is 5.78 Å². The average Bonchev–Trinajstić information content (AvgIpc) is 3.02. The van der Waals surface area contributed by atoms with Crippen LogP contribution in [0, 0.1) is 0 Å². The molecule has 116 valence electrons. The lowest BCUT2D eigenvalue weighted by atomic mass is 9.96. The summed E-state index contributed by atoms with van der Waals surface area (Å²) in [6.07, 6.45) is 8.30. The fourth-order valence-corrected chi connectivity index (χ4v) is 2.88. The molecule has 0 aliphatic rings. The molecule has 0 bridgehead atoms. The van der Waals surface area contributed by atoms with Crippen LogP contribution in [-0.2, 0) is 6.42 Å². The minimum Gasteiger partial charge on any atom is -0.354 e. The summed E-state index contributed by atoms with van der Waals surface area (Å²) < 4.78 is 0. The second-order valence-electron chi connectivity index (χ2n) is 5.33. The number of rotatable bonds is 5. The monoisotopic (exact) mass is 305 g/mol. The number of carbonyl (C=O) groups is 1. The first-order chi connectivity index (χ1) is 11.3. The number of aromatic amines is 1. The van der Waals surface area contributed by atoms with E-state index in [0.717, 1.165) is 40.1 Å². The highest BCUT2D eigenvalue weighted by Crippen LogP contribution is 2.34. The number of pyridine rings is 2. The number of aromatic nitrogens is 3. The van der Waals surface area contributed by atoms with Crippen molar-refractivity contribution in [3.63, 3.8) is 0 Å². The van der Waals surface area contributed by atoms with Crippen molar-refractivity contribution in [2.45, 2.75) is 26.7 Å². The molecule has 4 heteroatoms. The maximum absolute atomic E-state index is 12.6. The Morgan fingerprint density at radius 2 is 1.43 bits per heavy atom. The number of hydrogen-bond donors (Lipinski definition) is 1. The first kappa shape index (κ1) is 15.2. The molecule has 0 atom stereocenters. The zero-order chi connectivity index (χ0) is 16.2. The average molecular weight is 305 g/mol. The van der Waals surface area contributed by atoms with Crippen molar-refractivity contribution in [3.8, 4) is 22.5 Å². The van der Waals surface area contributed by atoms with Gasteiger partial charge < -0.3 is 4.98 Å². The number of H-pyrrole nitrogens is 1. The molecule has 23 heavy (non-hydrogen) atoms. The van der Waals surface area contributed by atoms with Crippen LogP contribution in [0.2, 0.25) is 0 Å². The summed E-state index contributed by atoms with van der Waals surface area (Å²) in [6, 6.07) is 7.77. The first-order valence-corrected chi connectivity index (χ1v) is 7.85. The molecule has 0 amide bonds. The number of ketones is 1. The second-order valence-corrected chi connectivity index (χ2v) is 5.33. The Morgan fingerprint density at radius 1 is 0.913 bits per heavy atom. The molecule has 0 aromatic carbocycles. The molecular formula is C19H19N3O. The Hall–Kier alpha value is -2.75. The van der Waals surface area contributed by atoms with Crippen molar-refractivity contribution in [2.75, 3.05) is 0 Å². The predicted octanol–water partition coefficient (Wildman–Crippen LogP) is 4.29. The smallest absolute Gasteiger partial charge is 0.165 e. The SMILES string of the molecule is CCC(=O)c1c(-c2ccncc2)[nH]c(-c2ccncc2)c1CC. The fraction of sp³-hybridized carbons (Fsp3) is 0.211. The Bertz CT molecular complexity index is 807. The number of hydrogen-bond acceptors (Lipinski definition) is 3. The molecule has 0 aliphatic carbocycles. The van der Waals surface area contributed by atoms with Crippen LogP contribution in [0.25, 0.3) is 22.5 Å². The third-order valence-electron chi connectivity index (χ3n) is 4.00. The highest BCUT2D eigenvalue weighted by Gasteiger charge is 2.22. The third-order valence-corrected chi connectivity index (χ3v) is 4.00. The minimum atomic E-state index is 0.158. The molecular weight excluding hydrogens is 286 g/mol. The lowest BCUT2D eigenvalue weighted by molar-refractivity contribution is 0.0988. The van der Waals surface area contributed by atoms with Crippen LogP contribution in [0.3, 0.4) is 0 Å². The topological polar surface area (TPSA) is 58.6 Å². The number of nitrogens with one attached hydrogen (secondary N) is 1. The van der Waals surface area contributed by atoms with Crippen LogP contribution < -0.4 is 0 Å². The van der Waals surface area contributed by atoms with Gasteiger partial charge in [-0.3, -0.25) is 14.8 Å².